The molecule has 0 unspecified atom stereocenters. The summed E-state index contributed by atoms with van der Waals surface area (Å²) in [6.45, 7) is 6.90. The minimum atomic E-state index is -4.62. The Bertz CT molecular complexity index is 738. The molecule has 1 saturated heterocycles. The molecule has 1 heterocycles. The van der Waals surface area contributed by atoms with E-state index in [1.165, 1.54) is 0 Å². The van der Waals surface area contributed by atoms with Crippen LogP contribution in [0.25, 0.3) is 0 Å². The van der Waals surface area contributed by atoms with Gasteiger partial charge in [-0.05, 0) is 41.4 Å². The van der Waals surface area contributed by atoms with Gasteiger partial charge in [0.1, 0.15) is 6.42 Å². The molecule has 8 heteroatoms. The molecule has 0 saturated carbocycles. The Hall–Kier alpha value is -1.60. The van der Waals surface area contributed by atoms with E-state index in [9.17, 15) is 22.8 Å². The van der Waals surface area contributed by atoms with Crippen LogP contribution in [0.15, 0.2) is 18.2 Å². The second kappa shape index (κ2) is 9.47. The molecule has 0 radical (unpaired) electrons. The average molecular weight is 434 g/mol. The number of hydrogen-bond acceptors (Lipinski definition) is 3. The molecular formula is C21H27ClF3NO3. The van der Waals surface area contributed by atoms with E-state index in [0.717, 1.165) is 5.56 Å². The molecule has 162 valence electrons. The molecule has 0 spiro atoms. The molecule has 29 heavy (non-hydrogen) atoms. The number of halogens is 4. The van der Waals surface area contributed by atoms with Gasteiger partial charge in [0, 0.05) is 24.7 Å². The van der Waals surface area contributed by atoms with E-state index in [2.05, 4.69) is 5.32 Å². The van der Waals surface area contributed by atoms with Gasteiger partial charge in [0.05, 0.1) is 6.04 Å². The monoisotopic (exact) mass is 433 g/mol. The Kier molecular flexibility index (Phi) is 7.74. The molecule has 1 N–H and O–H groups in total. The lowest BCUT2D eigenvalue weighted by Gasteiger charge is -2.30. The first-order valence-electron chi connectivity index (χ1n) is 9.62. The van der Waals surface area contributed by atoms with E-state index in [1.807, 2.05) is 26.8 Å². The lowest BCUT2D eigenvalue weighted by atomic mass is 9.84. The van der Waals surface area contributed by atoms with Crippen molar-refractivity contribution >= 4 is 23.3 Å². The number of Topliss-reactive ketones (excluding diaryl/α,β-unsaturated/α-hetero) is 1. The van der Waals surface area contributed by atoms with Gasteiger partial charge >= 0.3 is 6.18 Å². The molecule has 0 aromatic heterocycles. The first kappa shape index (κ1) is 23.7. The summed E-state index contributed by atoms with van der Waals surface area (Å²) in [5, 5.41) is 2.85. The maximum atomic E-state index is 12.9. The average Bonchev–Trinajstić information content (AvgIpc) is 2.57. The van der Waals surface area contributed by atoms with Crippen LogP contribution in [-0.2, 0) is 26.2 Å². The summed E-state index contributed by atoms with van der Waals surface area (Å²) in [5.41, 5.74) is 1.44. The van der Waals surface area contributed by atoms with Gasteiger partial charge in [0.2, 0.25) is 5.91 Å². The highest BCUT2D eigenvalue weighted by atomic mass is 35.5. The highest BCUT2D eigenvalue weighted by molar-refractivity contribution is 6.31. The van der Waals surface area contributed by atoms with Crippen LogP contribution in [0, 0.1) is 5.92 Å². The largest absolute Gasteiger partial charge is 0.397 e. The first-order chi connectivity index (χ1) is 13.4. The molecule has 1 aliphatic heterocycles. The van der Waals surface area contributed by atoms with Gasteiger partial charge in [-0.25, -0.2) is 0 Å². The predicted octanol–water partition coefficient (Wildman–Crippen LogP) is 4.61. The summed E-state index contributed by atoms with van der Waals surface area (Å²) in [6, 6.07) is 4.38. The number of carbonyl (C=O) groups is 2. The van der Waals surface area contributed by atoms with Gasteiger partial charge in [-0.3, -0.25) is 9.59 Å². The Labute approximate surface area is 174 Å². The third-order valence-corrected chi connectivity index (χ3v) is 5.29. The minimum Gasteiger partial charge on any atom is -0.381 e. The third-order valence-electron chi connectivity index (χ3n) is 4.98. The summed E-state index contributed by atoms with van der Waals surface area (Å²) < 4.78 is 42.9. The lowest BCUT2D eigenvalue weighted by Crippen LogP contribution is -2.49. The van der Waals surface area contributed by atoms with Crippen LogP contribution in [-0.4, -0.2) is 37.1 Å². The minimum absolute atomic E-state index is 0.0154. The summed E-state index contributed by atoms with van der Waals surface area (Å²) in [6.07, 6.45) is -5.23. The SMILES string of the molecule is CC(C)(C)c1ccc(CC(=O)[C@H](NC(=O)CC(F)(F)F)C2CCOCC2)cc1Cl. The fourth-order valence-electron chi connectivity index (χ4n) is 3.50. The molecule has 4 nitrogen and oxygen atoms in total. The highest BCUT2D eigenvalue weighted by Gasteiger charge is 2.36. The van der Waals surface area contributed by atoms with Crippen molar-refractivity contribution < 1.29 is 27.5 Å². The first-order valence-corrected chi connectivity index (χ1v) is 10.00. The topological polar surface area (TPSA) is 55.4 Å². The molecule has 1 aliphatic rings. The highest BCUT2D eigenvalue weighted by Crippen LogP contribution is 2.30. The zero-order valence-electron chi connectivity index (χ0n) is 16.9. The summed E-state index contributed by atoms with van der Waals surface area (Å²) >= 11 is 6.36. The van der Waals surface area contributed by atoms with Gasteiger partial charge in [0.25, 0.3) is 0 Å². The number of alkyl halides is 3. The van der Waals surface area contributed by atoms with Gasteiger partial charge in [-0.1, -0.05) is 44.5 Å². The smallest absolute Gasteiger partial charge is 0.381 e. The fourth-order valence-corrected chi connectivity index (χ4v) is 3.99. The van der Waals surface area contributed by atoms with Crippen molar-refractivity contribution in [2.24, 2.45) is 5.92 Å². The number of carbonyl (C=O) groups excluding carboxylic acids is 2. The summed E-state index contributed by atoms with van der Waals surface area (Å²) in [7, 11) is 0. The fraction of sp³-hybridized carbons (Fsp3) is 0.619. The Morgan fingerprint density at radius 3 is 2.34 bits per heavy atom. The molecule has 1 amide bonds. The molecule has 1 fully saturated rings. The maximum Gasteiger partial charge on any atom is 0.397 e. The standard InChI is InChI=1S/C21H27ClF3NO3/c1-20(2,3)15-5-4-13(10-16(15)22)11-17(27)19(14-6-8-29-9-7-14)26-18(28)12-21(23,24)25/h4-5,10,14,19H,6-9,11-12H2,1-3H3,(H,26,28)/t19-/m1/s1. The van der Waals surface area contributed by atoms with Crippen LogP contribution in [0.2, 0.25) is 5.02 Å². The number of rotatable bonds is 6. The van der Waals surface area contributed by atoms with Crippen molar-refractivity contribution in [3.8, 4) is 0 Å². The van der Waals surface area contributed by atoms with Crippen molar-refractivity contribution in [1.29, 1.82) is 0 Å². The molecule has 0 aliphatic carbocycles. The van der Waals surface area contributed by atoms with Crippen LogP contribution >= 0.6 is 11.6 Å². The molecule has 0 bridgehead atoms. The number of hydrogen-bond donors (Lipinski definition) is 1. The van der Waals surface area contributed by atoms with E-state index < -0.39 is 24.5 Å². The van der Waals surface area contributed by atoms with E-state index in [-0.39, 0.29) is 23.5 Å². The van der Waals surface area contributed by atoms with Gasteiger partial charge < -0.3 is 10.1 Å². The van der Waals surface area contributed by atoms with Crippen LogP contribution in [0.4, 0.5) is 13.2 Å². The molecule has 1 atom stereocenters. The molecule has 1 aromatic rings. The van der Waals surface area contributed by atoms with Crippen molar-refractivity contribution in [2.45, 2.75) is 64.1 Å². The van der Waals surface area contributed by atoms with Crippen LogP contribution in [0.5, 0.6) is 0 Å². The zero-order valence-corrected chi connectivity index (χ0v) is 17.6. The van der Waals surface area contributed by atoms with Crippen molar-refractivity contribution in [1.82, 2.24) is 5.32 Å². The number of nitrogens with one attached hydrogen (secondary N) is 1. The summed E-state index contributed by atoms with van der Waals surface area (Å²) in [4.78, 5) is 24.8. The van der Waals surface area contributed by atoms with E-state index >= 15 is 0 Å². The van der Waals surface area contributed by atoms with Gasteiger partial charge in [-0.2, -0.15) is 13.2 Å². The number of amides is 1. The Balaban J connectivity index is 2.16. The van der Waals surface area contributed by atoms with Crippen molar-refractivity contribution in [3.63, 3.8) is 0 Å². The number of ether oxygens (including phenoxy) is 1. The van der Waals surface area contributed by atoms with Gasteiger partial charge in [0.15, 0.2) is 5.78 Å². The second-order valence-electron chi connectivity index (χ2n) is 8.49. The quantitative estimate of drug-likeness (QED) is 0.712. The zero-order chi connectivity index (χ0) is 21.8. The number of ketones is 1. The molecular weight excluding hydrogens is 407 g/mol. The molecule has 2 rings (SSSR count). The van der Waals surface area contributed by atoms with Crippen molar-refractivity contribution in [3.05, 3.63) is 34.3 Å². The van der Waals surface area contributed by atoms with E-state index in [4.69, 9.17) is 16.3 Å². The van der Waals surface area contributed by atoms with E-state index in [0.29, 0.717) is 36.6 Å². The maximum absolute atomic E-state index is 12.9. The van der Waals surface area contributed by atoms with Crippen LogP contribution in [0.3, 0.4) is 0 Å². The molecule has 1 aromatic carbocycles. The normalized spacial score (nSPS) is 17.1. The summed E-state index contributed by atoms with van der Waals surface area (Å²) in [5.74, 6) is -1.77. The van der Waals surface area contributed by atoms with Crippen LogP contribution < -0.4 is 5.32 Å². The van der Waals surface area contributed by atoms with Crippen LogP contribution in [0.1, 0.15) is 51.2 Å². The Morgan fingerprint density at radius 1 is 1.21 bits per heavy atom. The van der Waals surface area contributed by atoms with Gasteiger partial charge in [-0.15, -0.1) is 0 Å². The van der Waals surface area contributed by atoms with E-state index in [1.54, 1.807) is 12.1 Å². The van der Waals surface area contributed by atoms with Crippen molar-refractivity contribution in [2.75, 3.05) is 13.2 Å². The Morgan fingerprint density at radius 2 is 1.83 bits per heavy atom. The lowest BCUT2D eigenvalue weighted by molar-refractivity contribution is -0.155. The number of benzene rings is 1. The third kappa shape index (κ3) is 7.30. The predicted molar refractivity (Wildman–Crippen MR) is 105 cm³/mol. The second-order valence-corrected chi connectivity index (χ2v) is 8.90.